The highest BCUT2D eigenvalue weighted by atomic mass is 16.4. The molecule has 0 aromatic rings. The molecule has 1 aliphatic carbocycles. The number of nitrogens with zero attached hydrogens (tertiary/aromatic N) is 1. The molecule has 1 aliphatic rings. The van der Waals surface area contributed by atoms with E-state index in [0.29, 0.717) is 12.5 Å². The van der Waals surface area contributed by atoms with Gasteiger partial charge in [-0.15, -0.1) is 0 Å². The summed E-state index contributed by atoms with van der Waals surface area (Å²) in [7, 11) is 1.69. The zero-order chi connectivity index (χ0) is 11.6. The fourth-order valence-electron chi connectivity index (χ4n) is 1.19. The molecule has 0 aliphatic heterocycles. The van der Waals surface area contributed by atoms with Crippen LogP contribution in [0.3, 0.4) is 0 Å². The Bertz CT molecular complexity index is 272. The summed E-state index contributed by atoms with van der Waals surface area (Å²) >= 11 is 0. The van der Waals surface area contributed by atoms with Crippen molar-refractivity contribution in [3.8, 4) is 0 Å². The molecule has 15 heavy (non-hydrogen) atoms. The number of rotatable bonds is 4. The summed E-state index contributed by atoms with van der Waals surface area (Å²) in [6.07, 6.45) is 2.33. The van der Waals surface area contributed by atoms with Gasteiger partial charge in [0, 0.05) is 13.6 Å². The normalized spacial score (nSPS) is 15.9. The van der Waals surface area contributed by atoms with Crippen molar-refractivity contribution in [3.05, 3.63) is 0 Å². The van der Waals surface area contributed by atoms with E-state index in [0.717, 1.165) is 0 Å². The zero-order valence-electron chi connectivity index (χ0n) is 9.41. The van der Waals surface area contributed by atoms with Gasteiger partial charge in [0.2, 0.25) is 0 Å². The number of hydrogen-bond acceptors (Lipinski definition) is 2. The van der Waals surface area contributed by atoms with Crippen LogP contribution in [0.4, 0.5) is 4.79 Å². The molecular weight excluding hydrogens is 196 g/mol. The van der Waals surface area contributed by atoms with Gasteiger partial charge in [-0.05, 0) is 32.6 Å². The van der Waals surface area contributed by atoms with Crippen molar-refractivity contribution >= 4 is 12.0 Å². The van der Waals surface area contributed by atoms with Crippen molar-refractivity contribution in [1.82, 2.24) is 10.2 Å². The minimum absolute atomic E-state index is 0.325. The molecule has 5 heteroatoms. The Labute approximate surface area is 89.4 Å². The maximum atomic E-state index is 11.6. The lowest BCUT2D eigenvalue weighted by atomic mass is 10.1. The second-order valence-corrected chi connectivity index (χ2v) is 4.68. The first kappa shape index (κ1) is 11.8. The predicted octanol–water partition coefficient (Wildman–Crippen LogP) is 0.901. The smallest absolute Gasteiger partial charge is 0.328 e. The van der Waals surface area contributed by atoms with Crippen LogP contribution in [0.1, 0.15) is 26.7 Å². The zero-order valence-corrected chi connectivity index (χ0v) is 9.41. The second kappa shape index (κ2) is 4.08. The molecular formula is C10H18N2O3. The van der Waals surface area contributed by atoms with Gasteiger partial charge in [0.15, 0.2) is 0 Å². The molecule has 0 atom stereocenters. The summed E-state index contributed by atoms with van der Waals surface area (Å²) in [5.74, 6) is -0.427. The fourth-order valence-corrected chi connectivity index (χ4v) is 1.19. The van der Waals surface area contributed by atoms with Crippen molar-refractivity contribution in [1.29, 1.82) is 0 Å². The molecule has 5 nitrogen and oxygen atoms in total. The van der Waals surface area contributed by atoms with E-state index in [4.69, 9.17) is 5.11 Å². The van der Waals surface area contributed by atoms with Gasteiger partial charge in [0.1, 0.15) is 5.54 Å². The maximum absolute atomic E-state index is 11.6. The molecule has 0 spiro atoms. The monoisotopic (exact) mass is 214 g/mol. The topological polar surface area (TPSA) is 69.6 Å². The number of nitrogens with one attached hydrogen (secondary N) is 1. The van der Waals surface area contributed by atoms with Crippen molar-refractivity contribution in [2.75, 3.05) is 13.6 Å². The Morgan fingerprint density at radius 3 is 2.40 bits per heavy atom. The van der Waals surface area contributed by atoms with Crippen molar-refractivity contribution in [3.63, 3.8) is 0 Å². The standard InChI is InChI=1S/C10H18N2O3/c1-10(2,8(13)14)11-9(15)12(3)6-7-4-5-7/h7H,4-6H2,1-3H3,(H,11,15)(H,13,14). The first-order valence-corrected chi connectivity index (χ1v) is 5.09. The molecule has 1 rings (SSSR count). The molecule has 2 N–H and O–H groups in total. The molecule has 1 fully saturated rings. The van der Waals surface area contributed by atoms with Crippen LogP contribution in [0.25, 0.3) is 0 Å². The minimum atomic E-state index is -1.21. The summed E-state index contributed by atoms with van der Waals surface area (Å²) in [5, 5.41) is 11.3. The molecule has 0 aromatic carbocycles. The highest BCUT2D eigenvalue weighted by molar-refractivity contribution is 5.85. The molecule has 0 aromatic heterocycles. The highest BCUT2D eigenvalue weighted by Gasteiger charge is 2.31. The first-order valence-electron chi connectivity index (χ1n) is 5.09. The number of carboxylic acids is 1. The van der Waals surface area contributed by atoms with Crippen LogP contribution in [0.15, 0.2) is 0 Å². The third-order valence-corrected chi connectivity index (χ3v) is 2.53. The summed E-state index contributed by atoms with van der Waals surface area (Å²) in [6, 6.07) is -0.325. The van der Waals surface area contributed by atoms with Crippen LogP contribution in [-0.2, 0) is 4.79 Å². The number of amides is 2. The number of carboxylic acid groups (broad SMARTS) is 1. The van der Waals surface area contributed by atoms with Gasteiger partial charge in [-0.3, -0.25) is 0 Å². The predicted molar refractivity (Wildman–Crippen MR) is 55.6 cm³/mol. The van der Waals surface area contributed by atoms with E-state index in [-0.39, 0.29) is 6.03 Å². The van der Waals surface area contributed by atoms with Crippen molar-refractivity contribution < 1.29 is 14.7 Å². The molecule has 0 heterocycles. The lowest BCUT2D eigenvalue weighted by Gasteiger charge is -2.25. The fraction of sp³-hybridized carbons (Fsp3) is 0.800. The van der Waals surface area contributed by atoms with Gasteiger partial charge in [-0.1, -0.05) is 0 Å². The Balaban J connectivity index is 2.42. The number of urea groups is 1. The number of carbonyl (C=O) groups is 2. The van der Waals surface area contributed by atoms with Crippen LogP contribution in [0, 0.1) is 5.92 Å². The molecule has 86 valence electrons. The molecule has 2 amide bonds. The maximum Gasteiger partial charge on any atom is 0.328 e. The quantitative estimate of drug-likeness (QED) is 0.730. The van der Waals surface area contributed by atoms with Gasteiger partial charge in [-0.25, -0.2) is 9.59 Å². The Hall–Kier alpha value is -1.26. The Morgan fingerprint density at radius 1 is 1.47 bits per heavy atom. The first-order chi connectivity index (χ1) is 6.83. The molecule has 0 bridgehead atoms. The van der Waals surface area contributed by atoms with Crippen LogP contribution in [0.2, 0.25) is 0 Å². The van der Waals surface area contributed by atoms with Crippen LogP contribution >= 0.6 is 0 Å². The summed E-state index contributed by atoms with van der Waals surface area (Å²) in [6.45, 7) is 3.65. The van der Waals surface area contributed by atoms with Crippen LogP contribution in [-0.4, -0.2) is 41.1 Å². The van der Waals surface area contributed by atoms with Gasteiger partial charge >= 0.3 is 12.0 Å². The molecule has 1 saturated carbocycles. The van der Waals surface area contributed by atoms with E-state index in [1.807, 2.05) is 0 Å². The van der Waals surface area contributed by atoms with E-state index in [1.54, 1.807) is 11.9 Å². The van der Waals surface area contributed by atoms with Crippen molar-refractivity contribution in [2.45, 2.75) is 32.2 Å². The van der Waals surface area contributed by atoms with E-state index in [1.165, 1.54) is 26.7 Å². The molecule has 0 unspecified atom stereocenters. The molecule has 0 radical (unpaired) electrons. The lowest BCUT2D eigenvalue weighted by molar-refractivity contribution is -0.143. The van der Waals surface area contributed by atoms with E-state index in [2.05, 4.69) is 5.32 Å². The number of aliphatic carboxylic acids is 1. The van der Waals surface area contributed by atoms with E-state index < -0.39 is 11.5 Å². The largest absolute Gasteiger partial charge is 0.480 e. The minimum Gasteiger partial charge on any atom is -0.480 e. The summed E-state index contributed by atoms with van der Waals surface area (Å²) in [4.78, 5) is 23.9. The van der Waals surface area contributed by atoms with E-state index in [9.17, 15) is 9.59 Å². The van der Waals surface area contributed by atoms with Gasteiger partial charge in [0.05, 0.1) is 0 Å². The summed E-state index contributed by atoms with van der Waals surface area (Å²) in [5.41, 5.74) is -1.21. The SMILES string of the molecule is CN(CC1CC1)C(=O)NC(C)(C)C(=O)O. The second-order valence-electron chi connectivity index (χ2n) is 4.68. The Morgan fingerprint density at radius 2 is 2.00 bits per heavy atom. The van der Waals surface area contributed by atoms with Gasteiger partial charge < -0.3 is 15.3 Å². The van der Waals surface area contributed by atoms with Gasteiger partial charge in [0.25, 0.3) is 0 Å². The third kappa shape index (κ3) is 3.42. The average Bonchev–Trinajstić information content (AvgIpc) is 2.86. The van der Waals surface area contributed by atoms with E-state index >= 15 is 0 Å². The number of hydrogen-bond donors (Lipinski definition) is 2. The average molecular weight is 214 g/mol. The Kier molecular flexibility index (Phi) is 3.21. The highest BCUT2D eigenvalue weighted by Crippen LogP contribution is 2.29. The lowest BCUT2D eigenvalue weighted by Crippen LogP contribution is -2.53. The van der Waals surface area contributed by atoms with Gasteiger partial charge in [-0.2, -0.15) is 0 Å². The third-order valence-electron chi connectivity index (χ3n) is 2.53. The van der Waals surface area contributed by atoms with Crippen LogP contribution < -0.4 is 5.32 Å². The number of carbonyl (C=O) groups excluding carboxylic acids is 1. The summed E-state index contributed by atoms with van der Waals surface area (Å²) < 4.78 is 0. The molecule has 0 saturated heterocycles. The van der Waals surface area contributed by atoms with Crippen LogP contribution in [0.5, 0.6) is 0 Å². The van der Waals surface area contributed by atoms with Crippen molar-refractivity contribution in [2.24, 2.45) is 5.92 Å².